The molecule has 0 aliphatic carbocycles. The minimum atomic E-state index is -0.561. The van der Waals surface area contributed by atoms with Gasteiger partial charge in [-0.15, -0.1) is 0 Å². The van der Waals surface area contributed by atoms with Crippen molar-refractivity contribution in [2.45, 2.75) is 25.8 Å². The van der Waals surface area contributed by atoms with Crippen LogP contribution >= 0.6 is 23.2 Å². The van der Waals surface area contributed by atoms with E-state index < -0.39 is 5.54 Å². The van der Waals surface area contributed by atoms with Crippen molar-refractivity contribution in [2.24, 2.45) is 0 Å². The Kier molecular flexibility index (Phi) is 5.65. The monoisotopic (exact) mass is 303 g/mol. The molecular formula is C14H19Cl2NO2. The van der Waals surface area contributed by atoms with Gasteiger partial charge in [-0.05, 0) is 51.7 Å². The van der Waals surface area contributed by atoms with E-state index in [2.05, 4.69) is 0 Å². The summed E-state index contributed by atoms with van der Waals surface area (Å²) in [5.74, 6) is -0.255. The summed E-state index contributed by atoms with van der Waals surface area (Å²) in [5, 5.41) is 1.18. The predicted molar refractivity (Wildman–Crippen MR) is 78.8 cm³/mol. The topological polar surface area (TPSA) is 29.5 Å². The van der Waals surface area contributed by atoms with Crippen molar-refractivity contribution in [2.75, 3.05) is 20.7 Å². The van der Waals surface area contributed by atoms with Crippen LogP contribution in [0, 0.1) is 0 Å². The van der Waals surface area contributed by atoms with Gasteiger partial charge in [-0.25, -0.2) is 0 Å². The number of hydrogen-bond donors (Lipinski definition) is 0. The van der Waals surface area contributed by atoms with Gasteiger partial charge in [-0.2, -0.15) is 0 Å². The summed E-state index contributed by atoms with van der Waals surface area (Å²) in [5.41, 5.74) is 0.258. The summed E-state index contributed by atoms with van der Waals surface area (Å²) in [7, 11) is 3.80. The first-order valence-corrected chi connectivity index (χ1v) is 6.85. The van der Waals surface area contributed by atoms with Crippen molar-refractivity contribution >= 4 is 29.2 Å². The van der Waals surface area contributed by atoms with Crippen LogP contribution in [0.25, 0.3) is 0 Å². The first-order valence-electron chi connectivity index (χ1n) is 6.10. The number of rotatable bonds is 5. The number of benzene rings is 1. The summed E-state index contributed by atoms with van der Waals surface area (Å²) in [6.45, 7) is 4.10. The Bertz CT molecular complexity index is 463. The molecule has 1 rings (SSSR count). The molecule has 0 aliphatic rings. The zero-order chi connectivity index (χ0) is 14.6. The van der Waals surface area contributed by atoms with Gasteiger partial charge in [0, 0.05) is 10.0 Å². The summed E-state index contributed by atoms with van der Waals surface area (Å²) < 4.78 is 5.04. The average Bonchev–Trinajstić information content (AvgIpc) is 2.32. The minimum Gasteiger partial charge on any atom is -0.466 e. The standard InChI is InChI=1S/C14H19Cl2NO2/c1-5-19-13(18)9-14(2,17(3)4)11-8-10(15)6-7-12(11)16/h6-8H,5,9H2,1-4H3. The molecule has 0 N–H and O–H groups in total. The zero-order valence-electron chi connectivity index (χ0n) is 11.7. The van der Waals surface area contributed by atoms with Gasteiger partial charge in [0.2, 0.25) is 0 Å². The number of ether oxygens (including phenoxy) is 1. The highest BCUT2D eigenvalue weighted by Crippen LogP contribution is 2.36. The molecule has 0 saturated heterocycles. The molecule has 106 valence electrons. The van der Waals surface area contributed by atoms with Crippen LogP contribution in [0.4, 0.5) is 0 Å². The molecule has 0 amide bonds. The molecular weight excluding hydrogens is 285 g/mol. The molecule has 5 heteroatoms. The van der Waals surface area contributed by atoms with Gasteiger partial charge in [0.15, 0.2) is 0 Å². The van der Waals surface area contributed by atoms with Gasteiger partial charge >= 0.3 is 5.97 Å². The van der Waals surface area contributed by atoms with Crippen LogP contribution in [0.2, 0.25) is 10.0 Å². The highest BCUT2D eigenvalue weighted by atomic mass is 35.5. The smallest absolute Gasteiger partial charge is 0.308 e. The van der Waals surface area contributed by atoms with E-state index in [4.69, 9.17) is 27.9 Å². The van der Waals surface area contributed by atoms with Gasteiger partial charge in [0.05, 0.1) is 18.6 Å². The highest BCUT2D eigenvalue weighted by Gasteiger charge is 2.34. The number of carbonyl (C=O) groups excluding carboxylic acids is 1. The Labute approximate surface area is 124 Å². The predicted octanol–water partition coefficient (Wildman–Crippen LogP) is 3.72. The third-order valence-corrected chi connectivity index (χ3v) is 3.85. The number of hydrogen-bond acceptors (Lipinski definition) is 3. The normalized spacial score (nSPS) is 14.3. The molecule has 0 spiro atoms. The molecule has 3 nitrogen and oxygen atoms in total. The van der Waals surface area contributed by atoms with Crippen LogP contribution in [0.15, 0.2) is 18.2 Å². The van der Waals surface area contributed by atoms with Crippen LogP contribution < -0.4 is 0 Å². The van der Waals surface area contributed by atoms with Crippen molar-refractivity contribution in [3.8, 4) is 0 Å². The molecule has 0 heterocycles. The maximum absolute atomic E-state index is 11.8. The number of halogens is 2. The second-order valence-corrected chi connectivity index (χ2v) is 5.62. The fourth-order valence-electron chi connectivity index (χ4n) is 1.90. The van der Waals surface area contributed by atoms with Gasteiger partial charge in [-0.3, -0.25) is 9.69 Å². The van der Waals surface area contributed by atoms with Crippen LogP contribution in [0.1, 0.15) is 25.8 Å². The Morgan fingerprint density at radius 3 is 2.53 bits per heavy atom. The van der Waals surface area contributed by atoms with Crippen LogP contribution in [-0.4, -0.2) is 31.6 Å². The second-order valence-electron chi connectivity index (χ2n) is 4.77. The zero-order valence-corrected chi connectivity index (χ0v) is 13.2. The van der Waals surface area contributed by atoms with E-state index in [0.29, 0.717) is 16.7 Å². The fraction of sp³-hybridized carbons (Fsp3) is 0.500. The quantitative estimate of drug-likeness (QED) is 0.776. The SMILES string of the molecule is CCOC(=O)CC(C)(c1cc(Cl)ccc1Cl)N(C)C. The fourth-order valence-corrected chi connectivity index (χ4v) is 2.39. The molecule has 19 heavy (non-hydrogen) atoms. The lowest BCUT2D eigenvalue weighted by atomic mass is 9.87. The first kappa shape index (κ1) is 16.3. The summed E-state index contributed by atoms with van der Waals surface area (Å²) in [6.07, 6.45) is 0.216. The molecule has 1 unspecified atom stereocenters. The van der Waals surface area contributed by atoms with Gasteiger partial charge in [0.25, 0.3) is 0 Å². The van der Waals surface area contributed by atoms with Crippen molar-refractivity contribution < 1.29 is 9.53 Å². The van der Waals surface area contributed by atoms with E-state index >= 15 is 0 Å². The molecule has 0 fully saturated rings. The van der Waals surface area contributed by atoms with E-state index in [1.807, 2.05) is 25.9 Å². The summed E-state index contributed by atoms with van der Waals surface area (Å²) >= 11 is 12.3. The van der Waals surface area contributed by atoms with Gasteiger partial charge < -0.3 is 4.74 Å². The number of carbonyl (C=O) groups is 1. The van der Waals surface area contributed by atoms with Crippen molar-refractivity contribution in [3.05, 3.63) is 33.8 Å². The third-order valence-electron chi connectivity index (χ3n) is 3.29. The van der Waals surface area contributed by atoms with E-state index in [1.54, 1.807) is 25.1 Å². The molecule has 1 atom stereocenters. The Balaban J connectivity index is 3.18. The summed E-state index contributed by atoms with van der Waals surface area (Å²) in [4.78, 5) is 13.8. The van der Waals surface area contributed by atoms with Crippen molar-refractivity contribution in [3.63, 3.8) is 0 Å². The van der Waals surface area contributed by atoms with Crippen molar-refractivity contribution in [1.82, 2.24) is 4.90 Å². The molecule has 0 radical (unpaired) electrons. The second kappa shape index (κ2) is 6.60. The van der Waals surface area contributed by atoms with E-state index in [-0.39, 0.29) is 12.4 Å². The Morgan fingerprint density at radius 1 is 1.37 bits per heavy atom. The third kappa shape index (κ3) is 3.85. The maximum atomic E-state index is 11.8. The highest BCUT2D eigenvalue weighted by molar-refractivity contribution is 6.33. The van der Waals surface area contributed by atoms with Crippen LogP contribution in [0.3, 0.4) is 0 Å². The van der Waals surface area contributed by atoms with Crippen LogP contribution in [-0.2, 0) is 15.1 Å². The lowest BCUT2D eigenvalue weighted by Gasteiger charge is -2.37. The Morgan fingerprint density at radius 2 is 2.00 bits per heavy atom. The van der Waals surface area contributed by atoms with E-state index in [0.717, 1.165) is 5.56 Å². The van der Waals surface area contributed by atoms with E-state index in [1.165, 1.54) is 0 Å². The maximum Gasteiger partial charge on any atom is 0.308 e. The van der Waals surface area contributed by atoms with Gasteiger partial charge in [-0.1, -0.05) is 23.2 Å². The first-order chi connectivity index (χ1) is 8.81. The molecule has 1 aromatic carbocycles. The average molecular weight is 304 g/mol. The Hall–Kier alpha value is -0.770. The number of esters is 1. The van der Waals surface area contributed by atoms with Crippen molar-refractivity contribution in [1.29, 1.82) is 0 Å². The van der Waals surface area contributed by atoms with Gasteiger partial charge in [0.1, 0.15) is 0 Å². The molecule has 0 aromatic heterocycles. The summed E-state index contributed by atoms with van der Waals surface area (Å²) in [6, 6.07) is 5.27. The molecule has 0 aliphatic heterocycles. The molecule has 0 saturated carbocycles. The number of nitrogens with zero attached hydrogens (tertiary/aromatic N) is 1. The molecule has 1 aromatic rings. The van der Waals surface area contributed by atoms with E-state index in [9.17, 15) is 4.79 Å². The lowest BCUT2D eigenvalue weighted by Crippen LogP contribution is -2.41. The lowest BCUT2D eigenvalue weighted by molar-refractivity contribution is -0.146. The van der Waals surface area contributed by atoms with Crippen LogP contribution in [0.5, 0.6) is 0 Å². The molecule has 0 bridgehead atoms. The largest absolute Gasteiger partial charge is 0.466 e. The minimum absolute atomic E-state index is 0.216.